The highest BCUT2D eigenvalue weighted by Crippen LogP contribution is 2.17. The van der Waals surface area contributed by atoms with Crippen molar-refractivity contribution in [1.82, 2.24) is 5.32 Å². The van der Waals surface area contributed by atoms with Crippen molar-refractivity contribution < 1.29 is 13.2 Å². The van der Waals surface area contributed by atoms with Crippen molar-refractivity contribution in [3.8, 4) is 5.75 Å². The van der Waals surface area contributed by atoms with Crippen molar-refractivity contribution in [2.24, 2.45) is 10.7 Å². The quantitative estimate of drug-likeness (QED) is 0.256. The van der Waals surface area contributed by atoms with Gasteiger partial charge in [-0.25, -0.2) is 13.4 Å². The number of aliphatic imine (C=N–C) groups is 1. The van der Waals surface area contributed by atoms with Gasteiger partial charge in [0.25, 0.3) is 0 Å². The lowest BCUT2D eigenvalue weighted by atomic mass is 10.3. The number of rotatable bonds is 7. The molecule has 0 aliphatic heterocycles. The number of anilines is 1. The van der Waals surface area contributed by atoms with Crippen LogP contribution in [0.5, 0.6) is 5.75 Å². The molecule has 0 amide bonds. The Hall–Kier alpha value is -1.23. The standard InChI is InChI=1S/C13H22N4O3S.HI/c1-10(2)16-13(14)15-7-8-20-12-6-4-5-11(9-12)17-21(3,18)19;/h4-6,9-10,17H,7-8H2,1-3H3,(H3,14,15,16);1H. The summed E-state index contributed by atoms with van der Waals surface area (Å²) in [4.78, 5) is 4.11. The van der Waals surface area contributed by atoms with Crippen LogP contribution in [0.25, 0.3) is 0 Å². The molecule has 7 nitrogen and oxygen atoms in total. The molecule has 1 rings (SSSR count). The van der Waals surface area contributed by atoms with E-state index in [0.717, 1.165) is 6.26 Å². The normalized spacial score (nSPS) is 11.7. The summed E-state index contributed by atoms with van der Waals surface area (Å²) in [7, 11) is -3.29. The molecule has 0 heterocycles. The van der Waals surface area contributed by atoms with E-state index < -0.39 is 10.0 Å². The zero-order valence-electron chi connectivity index (χ0n) is 12.9. The zero-order valence-corrected chi connectivity index (χ0v) is 16.0. The highest BCUT2D eigenvalue weighted by molar-refractivity contribution is 14.0. The monoisotopic (exact) mass is 442 g/mol. The molecule has 9 heteroatoms. The first kappa shape index (κ1) is 20.8. The van der Waals surface area contributed by atoms with Crippen LogP contribution in [0.2, 0.25) is 0 Å². The van der Waals surface area contributed by atoms with Gasteiger partial charge in [-0.3, -0.25) is 4.72 Å². The van der Waals surface area contributed by atoms with Crippen molar-refractivity contribution in [3.05, 3.63) is 24.3 Å². The number of nitrogens with zero attached hydrogens (tertiary/aromatic N) is 1. The summed E-state index contributed by atoms with van der Waals surface area (Å²) < 4.78 is 30.2. The van der Waals surface area contributed by atoms with E-state index in [1.165, 1.54) is 0 Å². The van der Waals surface area contributed by atoms with Crippen molar-refractivity contribution >= 4 is 45.6 Å². The second kappa shape index (κ2) is 9.72. The van der Waals surface area contributed by atoms with Gasteiger partial charge in [-0.2, -0.15) is 0 Å². The Morgan fingerprint density at radius 2 is 2.09 bits per heavy atom. The molecule has 0 aromatic heterocycles. The number of halogens is 1. The Labute approximate surface area is 148 Å². The Balaban J connectivity index is 0.00000441. The minimum Gasteiger partial charge on any atom is -0.492 e. The van der Waals surface area contributed by atoms with Gasteiger partial charge in [-0.05, 0) is 26.0 Å². The largest absolute Gasteiger partial charge is 0.492 e. The first-order valence-corrected chi connectivity index (χ1v) is 8.42. The van der Waals surface area contributed by atoms with Crippen molar-refractivity contribution in [2.75, 3.05) is 24.1 Å². The average Bonchev–Trinajstić information content (AvgIpc) is 2.32. The number of ether oxygens (including phenoxy) is 1. The summed E-state index contributed by atoms with van der Waals surface area (Å²) in [5.41, 5.74) is 6.11. The highest BCUT2D eigenvalue weighted by Gasteiger charge is 2.03. The first-order valence-electron chi connectivity index (χ1n) is 6.53. The number of nitrogens with two attached hydrogens (primary N) is 1. The Bertz CT molecular complexity index is 591. The average molecular weight is 442 g/mol. The maximum Gasteiger partial charge on any atom is 0.229 e. The molecule has 0 aliphatic carbocycles. The summed E-state index contributed by atoms with van der Waals surface area (Å²) in [6.45, 7) is 4.70. The maximum absolute atomic E-state index is 11.1. The fourth-order valence-corrected chi connectivity index (χ4v) is 2.09. The van der Waals surface area contributed by atoms with Gasteiger partial charge < -0.3 is 15.8 Å². The molecule has 22 heavy (non-hydrogen) atoms. The molecule has 0 aliphatic rings. The van der Waals surface area contributed by atoms with E-state index in [9.17, 15) is 8.42 Å². The number of guanidine groups is 1. The molecule has 0 saturated heterocycles. The molecule has 0 fully saturated rings. The summed E-state index contributed by atoms with van der Waals surface area (Å²) >= 11 is 0. The van der Waals surface area contributed by atoms with E-state index in [4.69, 9.17) is 10.5 Å². The van der Waals surface area contributed by atoms with Gasteiger partial charge in [0.05, 0.1) is 18.5 Å². The molecular weight excluding hydrogens is 419 g/mol. The predicted octanol–water partition coefficient (Wildman–Crippen LogP) is 1.37. The predicted molar refractivity (Wildman–Crippen MR) is 101 cm³/mol. The van der Waals surface area contributed by atoms with Crippen LogP contribution in [0.1, 0.15) is 13.8 Å². The lowest BCUT2D eigenvalue weighted by Crippen LogP contribution is -2.37. The summed E-state index contributed by atoms with van der Waals surface area (Å²) in [6.07, 6.45) is 1.10. The summed E-state index contributed by atoms with van der Waals surface area (Å²) in [6, 6.07) is 6.94. The molecule has 4 N–H and O–H groups in total. The fourth-order valence-electron chi connectivity index (χ4n) is 1.53. The summed E-state index contributed by atoms with van der Waals surface area (Å²) in [5, 5.41) is 2.97. The fraction of sp³-hybridized carbons (Fsp3) is 0.462. The second-order valence-electron chi connectivity index (χ2n) is 4.82. The van der Waals surface area contributed by atoms with Crippen LogP contribution < -0.4 is 20.5 Å². The highest BCUT2D eigenvalue weighted by atomic mass is 127. The number of hydrogen-bond donors (Lipinski definition) is 3. The van der Waals surface area contributed by atoms with E-state index in [1.54, 1.807) is 24.3 Å². The minimum absolute atomic E-state index is 0. The molecule has 126 valence electrons. The summed E-state index contributed by atoms with van der Waals surface area (Å²) in [5.74, 6) is 0.940. The van der Waals surface area contributed by atoms with E-state index >= 15 is 0 Å². The Kier molecular flexibility index (Phi) is 9.18. The van der Waals surface area contributed by atoms with Crippen LogP contribution in [0, 0.1) is 0 Å². The molecule has 0 unspecified atom stereocenters. The smallest absolute Gasteiger partial charge is 0.229 e. The topological polar surface area (TPSA) is 106 Å². The van der Waals surface area contributed by atoms with Crippen LogP contribution >= 0.6 is 24.0 Å². The van der Waals surface area contributed by atoms with Crippen LogP contribution in [0.3, 0.4) is 0 Å². The lowest BCUT2D eigenvalue weighted by Gasteiger charge is -2.10. The van der Waals surface area contributed by atoms with E-state index in [-0.39, 0.29) is 30.0 Å². The van der Waals surface area contributed by atoms with Gasteiger partial charge in [-0.1, -0.05) is 6.07 Å². The van der Waals surface area contributed by atoms with Gasteiger partial charge in [0, 0.05) is 12.1 Å². The van der Waals surface area contributed by atoms with Crippen molar-refractivity contribution in [2.45, 2.75) is 19.9 Å². The second-order valence-corrected chi connectivity index (χ2v) is 6.56. The molecule has 1 aromatic rings. The van der Waals surface area contributed by atoms with Gasteiger partial charge in [0.1, 0.15) is 12.4 Å². The number of sulfonamides is 1. The zero-order chi connectivity index (χ0) is 15.9. The van der Waals surface area contributed by atoms with Crippen molar-refractivity contribution in [1.29, 1.82) is 0 Å². The van der Waals surface area contributed by atoms with E-state index in [1.807, 2.05) is 13.8 Å². The van der Waals surface area contributed by atoms with E-state index in [2.05, 4.69) is 15.0 Å². The maximum atomic E-state index is 11.1. The Morgan fingerprint density at radius 1 is 1.41 bits per heavy atom. The van der Waals surface area contributed by atoms with Gasteiger partial charge in [-0.15, -0.1) is 24.0 Å². The van der Waals surface area contributed by atoms with E-state index in [0.29, 0.717) is 30.5 Å². The lowest BCUT2D eigenvalue weighted by molar-refractivity contribution is 0.328. The van der Waals surface area contributed by atoms with Crippen LogP contribution in [0.15, 0.2) is 29.3 Å². The number of benzene rings is 1. The van der Waals surface area contributed by atoms with Crippen LogP contribution in [-0.4, -0.2) is 39.8 Å². The molecular formula is C13H23IN4O3S. The molecule has 1 aromatic carbocycles. The molecule has 0 radical (unpaired) electrons. The van der Waals surface area contributed by atoms with Gasteiger partial charge in [0.15, 0.2) is 5.96 Å². The van der Waals surface area contributed by atoms with Gasteiger partial charge >= 0.3 is 0 Å². The number of hydrogen-bond acceptors (Lipinski definition) is 4. The number of nitrogens with one attached hydrogen (secondary N) is 2. The van der Waals surface area contributed by atoms with Crippen LogP contribution in [0.4, 0.5) is 5.69 Å². The van der Waals surface area contributed by atoms with Crippen LogP contribution in [-0.2, 0) is 10.0 Å². The first-order chi connectivity index (χ1) is 9.76. The van der Waals surface area contributed by atoms with Gasteiger partial charge in [0.2, 0.25) is 10.0 Å². The Morgan fingerprint density at radius 3 is 2.68 bits per heavy atom. The molecule has 0 spiro atoms. The SMILES string of the molecule is CC(C)NC(N)=NCCOc1cccc(NS(C)(=O)=O)c1.I. The third-order valence-corrected chi connectivity index (χ3v) is 2.82. The third kappa shape index (κ3) is 9.66. The third-order valence-electron chi connectivity index (χ3n) is 2.22. The molecule has 0 bridgehead atoms. The molecule has 0 atom stereocenters. The minimum atomic E-state index is -3.29. The van der Waals surface area contributed by atoms with Crippen molar-refractivity contribution in [3.63, 3.8) is 0 Å². The molecule has 0 saturated carbocycles.